The van der Waals surface area contributed by atoms with Gasteiger partial charge < -0.3 is 10.6 Å². The van der Waals surface area contributed by atoms with Crippen LogP contribution < -0.4 is 10.6 Å². The number of guanidine groups is 1. The van der Waals surface area contributed by atoms with Crippen LogP contribution in [-0.2, 0) is 0 Å². The van der Waals surface area contributed by atoms with Gasteiger partial charge in [-0.2, -0.15) is 11.8 Å². The van der Waals surface area contributed by atoms with E-state index in [0.29, 0.717) is 12.1 Å². The summed E-state index contributed by atoms with van der Waals surface area (Å²) in [5, 5.41) is 7.28. The Balaban J connectivity index is 1.42. The molecular formula is C16H29N3S. The maximum absolute atomic E-state index is 4.43. The van der Waals surface area contributed by atoms with Crippen molar-refractivity contribution in [2.24, 2.45) is 16.8 Å². The summed E-state index contributed by atoms with van der Waals surface area (Å²) >= 11 is 2.07. The highest BCUT2D eigenvalue weighted by atomic mass is 32.2. The van der Waals surface area contributed by atoms with Crippen molar-refractivity contribution in [2.45, 2.75) is 63.5 Å². The maximum Gasteiger partial charge on any atom is 0.191 e. The molecule has 3 aliphatic rings. The molecule has 0 aromatic carbocycles. The van der Waals surface area contributed by atoms with Crippen molar-refractivity contribution in [3.63, 3.8) is 0 Å². The Hall–Kier alpha value is -0.380. The second-order valence-electron chi connectivity index (χ2n) is 6.68. The number of hydrogen-bond acceptors (Lipinski definition) is 2. The van der Waals surface area contributed by atoms with Crippen molar-refractivity contribution in [3.8, 4) is 0 Å². The fraction of sp³-hybridized carbons (Fsp3) is 0.938. The third-order valence-electron chi connectivity index (χ3n) is 5.14. The standard InChI is InChI=1S/C16H29N3S/c1-17-16(18-13-8-5-9-20-11-13)19-15-10-14(15)12-6-3-2-4-7-12/h12-15H,2-11H2,1H3,(H2,17,18,19). The molecule has 0 spiro atoms. The van der Waals surface area contributed by atoms with Crippen molar-refractivity contribution in [2.75, 3.05) is 18.6 Å². The number of hydrogen-bond donors (Lipinski definition) is 2. The average molecular weight is 295 g/mol. The summed E-state index contributed by atoms with van der Waals surface area (Å²) in [5.41, 5.74) is 0. The summed E-state index contributed by atoms with van der Waals surface area (Å²) in [6.07, 6.45) is 11.3. The van der Waals surface area contributed by atoms with Gasteiger partial charge in [-0.05, 0) is 36.9 Å². The van der Waals surface area contributed by atoms with E-state index in [0.717, 1.165) is 17.8 Å². The first-order chi connectivity index (χ1) is 9.86. The number of rotatable bonds is 3. The summed E-state index contributed by atoms with van der Waals surface area (Å²) in [6.45, 7) is 0. The van der Waals surface area contributed by atoms with E-state index in [1.807, 2.05) is 7.05 Å². The Labute approximate surface area is 127 Å². The number of nitrogens with one attached hydrogen (secondary N) is 2. The average Bonchev–Trinajstić information content (AvgIpc) is 3.28. The van der Waals surface area contributed by atoms with Gasteiger partial charge in [0.2, 0.25) is 0 Å². The van der Waals surface area contributed by atoms with E-state index < -0.39 is 0 Å². The van der Waals surface area contributed by atoms with E-state index in [-0.39, 0.29) is 0 Å². The molecule has 2 aliphatic carbocycles. The Morgan fingerprint density at radius 2 is 1.90 bits per heavy atom. The van der Waals surface area contributed by atoms with E-state index >= 15 is 0 Å². The number of aliphatic imine (C=N–C) groups is 1. The van der Waals surface area contributed by atoms with Crippen LogP contribution in [0.1, 0.15) is 51.4 Å². The highest BCUT2D eigenvalue weighted by Gasteiger charge is 2.43. The predicted molar refractivity (Wildman–Crippen MR) is 88.4 cm³/mol. The van der Waals surface area contributed by atoms with Crippen molar-refractivity contribution >= 4 is 17.7 Å². The molecule has 1 aliphatic heterocycles. The van der Waals surface area contributed by atoms with Gasteiger partial charge in [-0.15, -0.1) is 0 Å². The third kappa shape index (κ3) is 3.84. The van der Waals surface area contributed by atoms with E-state index in [4.69, 9.17) is 0 Å². The molecule has 0 aromatic rings. The minimum absolute atomic E-state index is 0.617. The molecule has 4 heteroatoms. The van der Waals surface area contributed by atoms with Crippen LogP contribution in [0.25, 0.3) is 0 Å². The van der Waals surface area contributed by atoms with Gasteiger partial charge >= 0.3 is 0 Å². The second kappa shape index (κ2) is 7.06. The van der Waals surface area contributed by atoms with Gasteiger partial charge in [0.15, 0.2) is 5.96 Å². The van der Waals surface area contributed by atoms with E-state index in [1.165, 1.54) is 62.9 Å². The van der Waals surface area contributed by atoms with Gasteiger partial charge in [-0.25, -0.2) is 0 Å². The predicted octanol–water partition coefficient (Wildman–Crippen LogP) is 3.02. The molecule has 114 valence electrons. The number of thioether (sulfide) groups is 1. The lowest BCUT2D eigenvalue weighted by Gasteiger charge is -2.25. The minimum Gasteiger partial charge on any atom is -0.353 e. The Kier molecular flexibility index (Phi) is 5.14. The van der Waals surface area contributed by atoms with Gasteiger partial charge in [-0.3, -0.25) is 4.99 Å². The second-order valence-corrected chi connectivity index (χ2v) is 7.83. The van der Waals surface area contributed by atoms with Crippen LogP contribution in [0.5, 0.6) is 0 Å². The molecule has 3 unspecified atom stereocenters. The fourth-order valence-electron chi connectivity index (χ4n) is 3.86. The first kappa shape index (κ1) is 14.6. The summed E-state index contributed by atoms with van der Waals surface area (Å²) in [5.74, 6) is 5.52. The Morgan fingerprint density at radius 1 is 1.05 bits per heavy atom. The van der Waals surface area contributed by atoms with Crippen LogP contribution in [0.4, 0.5) is 0 Å². The quantitative estimate of drug-likeness (QED) is 0.621. The molecule has 3 fully saturated rings. The summed E-state index contributed by atoms with van der Waals surface area (Å²) < 4.78 is 0. The molecule has 1 saturated heterocycles. The first-order valence-corrected chi connectivity index (χ1v) is 9.60. The molecule has 3 atom stereocenters. The summed E-state index contributed by atoms with van der Waals surface area (Å²) in [6, 6.07) is 1.31. The highest BCUT2D eigenvalue weighted by molar-refractivity contribution is 7.99. The molecule has 0 radical (unpaired) electrons. The normalized spacial score (nSPS) is 35.6. The summed E-state index contributed by atoms with van der Waals surface area (Å²) in [7, 11) is 1.91. The van der Waals surface area contributed by atoms with Gasteiger partial charge in [0.1, 0.15) is 0 Å². The molecule has 3 rings (SSSR count). The zero-order chi connectivity index (χ0) is 13.8. The third-order valence-corrected chi connectivity index (χ3v) is 6.36. The van der Waals surface area contributed by atoms with Crippen molar-refractivity contribution in [3.05, 3.63) is 0 Å². The zero-order valence-electron chi connectivity index (χ0n) is 12.7. The fourth-order valence-corrected chi connectivity index (χ4v) is 4.93. The Morgan fingerprint density at radius 3 is 2.60 bits per heavy atom. The first-order valence-electron chi connectivity index (χ1n) is 8.44. The lowest BCUT2D eigenvalue weighted by Crippen LogP contribution is -2.46. The molecule has 20 heavy (non-hydrogen) atoms. The lowest BCUT2D eigenvalue weighted by molar-refractivity contribution is 0.315. The maximum atomic E-state index is 4.43. The van der Waals surface area contributed by atoms with Crippen LogP contribution in [-0.4, -0.2) is 36.6 Å². The molecule has 2 N–H and O–H groups in total. The lowest BCUT2D eigenvalue weighted by atomic mass is 9.85. The molecule has 0 bridgehead atoms. The minimum atomic E-state index is 0.617. The van der Waals surface area contributed by atoms with Gasteiger partial charge in [0.25, 0.3) is 0 Å². The van der Waals surface area contributed by atoms with E-state index in [9.17, 15) is 0 Å². The zero-order valence-corrected chi connectivity index (χ0v) is 13.6. The highest BCUT2D eigenvalue weighted by Crippen LogP contribution is 2.44. The van der Waals surface area contributed by atoms with Gasteiger partial charge in [0, 0.05) is 24.9 Å². The van der Waals surface area contributed by atoms with Gasteiger partial charge in [0.05, 0.1) is 0 Å². The topological polar surface area (TPSA) is 36.4 Å². The van der Waals surface area contributed by atoms with E-state index in [1.54, 1.807) is 0 Å². The molecule has 1 heterocycles. The summed E-state index contributed by atoms with van der Waals surface area (Å²) in [4.78, 5) is 4.43. The monoisotopic (exact) mass is 295 g/mol. The molecule has 0 aromatic heterocycles. The Bertz CT molecular complexity index is 333. The van der Waals surface area contributed by atoms with Crippen LogP contribution in [0.3, 0.4) is 0 Å². The molecule has 2 saturated carbocycles. The smallest absolute Gasteiger partial charge is 0.191 e. The molecule has 3 nitrogen and oxygen atoms in total. The number of nitrogens with zero attached hydrogens (tertiary/aromatic N) is 1. The van der Waals surface area contributed by atoms with Crippen LogP contribution in [0, 0.1) is 11.8 Å². The van der Waals surface area contributed by atoms with Crippen LogP contribution in [0.2, 0.25) is 0 Å². The largest absolute Gasteiger partial charge is 0.353 e. The van der Waals surface area contributed by atoms with Crippen molar-refractivity contribution in [1.29, 1.82) is 0 Å². The van der Waals surface area contributed by atoms with Crippen LogP contribution in [0.15, 0.2) is 4.99 Å². The van der Waals surface area contributed by atoms with Crippen molar-refractivity contribution < 1.29 is 0 Å². The van der Waals surface area contributed by atoms with Crippen molar-refractivity contribution in [1.82, 2.24) is 10.6 Å². The van der Waals surface area contributed by atoms with E-state index in [2.05, 4.69) is 27.4 Å². The SMILES string of the molecule is CN=C(NC1CCCSC1)NC1CC1C1CCCCC1. The molecular weight excluding hydrogens is 266 g/mol. The molecule has 0 amide bonds. The van der Waals surface area contributed by atoms with Gasteiger partial charge in [-0.1, -0.05) is 32.1 Å². The van der Waals surface area contributed by atoms with Crippen LogP contribution >= 0.6 is 11.8 Å².